The number of hydrogen-bond donors (Lipinski definition) is 3. The number of benzene rings is 2. The van der Waals surface area contributed by atoms with Crippen LogP contribution in [0.15, 0.2) is 54.7 Å². The van der Waals surface area contributed by atoms with E-state index < -0.39 is 0 Å². The summed E-state index contributed by atoms with van der Waals surface area (Å²) >= 11 is 0. The molecule has 3 rings (SSSR count). The van der Waals surface area contributed by atoms with E-state index in [1.54, 1.807) is 0 Å². The van der Waals surface area contributed by atoms with Crippen molar-refractivity contribution in [3.63, 3.8) is 0 Å². The Morgan fingerprint density at radius 2 is 1.87 bits per heavy atom. The van der Waals surface area contributed by atoms with Crippen LogP contribution in [0.2, 0.25) is 0 Å². The summed E-state index contributed by atoms with van der Waals surface area (Å²) in [6, 6.07) is 15.9. The standard InChI is InChI=1S/C19H21N3O/c20-16-9-7-14(8-10-16)4-3-11-21-19(23)12-15-13-22-18-6-2-1-5-17(15)18/h1-2,5-10,13,22H,3-4,11-12,20H2,(H,21,23). The molecular weight excluding hydrogens is 286 g/mol. The van der Waals surface area contributed by atoms with Crippen molar-refractivity contribution >= 4 is 22.5 Å². The number of carbonyl (C=O) groups is 1. The van der Waals surface area contributed by atoms with Gasteiger partial charge < -0.3 is 16.0 Å². The molecule has 118 valence electrons. The highest BCUT2D eigenvalue weighted by Crippen LogP contribution is 2.17. The Kier molecular flexibility index (Phi) is 4.62. The molecule has 4 heteroatoms. The quantitative estimate of drug-likeness (QED) is 0.484. The van der Waals surface area contributed by atoms with Crippen molar-refractivity contribution in [1.29, 1.82) is 0 Å². The van der Waals surface area contributed by atoms with Crippen LogP contribution < -0.4 is 11.1 Å². The van der Waals surface area contributed by atoms with Gasteiger partial charge in [0.05, 0.1) is 6.42 Å². The lowest BCUT2D eigenvalue weighted by Crippen LogP contribution is -2.26. The average molecular weight is 307 g/mol. The predicted molar refractivity (Wildman–Crippen MR) is 94.2 cm³/mol. The van der Waals surface area contributed by atoms with Crippen molar-refractivity contribution in [3.8, 4) is 0 Å². The summed E-state index contributed by atoms with van der Waals surface area (Å²) in [6.45, 7) is 0.686. The van der Waals surface area contributed by atoms with Gasteiger partial charge in [0.15, 0.2) is 0 Å². The molecule has 0 unspecified atom stereocenters. The lowest BCUT2D eigenvalue weighted by atomic mass is 10.1. The van der Waals surface area contributed by atoms with Gasteiger partial charge in [-0.25, -0.2) is 0 Å². The van der Waals surface area contributed by atoms with E-state index in [1.165, 1.54) is 5.56 Å². The fraction of sp³-hybridized carbons (Fsp3) is 0.211. The third kappa shape index (κ3) is 3.92. The van der Waals surface area contributed by atoms with E-state index in [0.717, 1.165) is 35.0 Å². The van der Waals surface area contributed by atoms with E-state index in [1.807, 2.05) is 54.7 Å². The largest absolute Gasteiger partial charge is 0.399 e. The van der Waals surface area contributed by atoms with Crippen molar-refractivity contribution in [1.82, 2.24) is 10.3 Å². The fourth-order valence-electron chi connectivity index (χ4n) is 2.72. The minimum absolute atomic E-state index is 0.0621. The Hall–Kier alpha value is -2.75. The smallest absolute Gasteiger partial charge is 0.224 e. The third-order valence-corrected chi connectivity index (χ3v) is 3.97. The van der Waals surface area contributed by atoms with Crippen LogP contribution in [0.4, 0.5) is 5.69 Å². The van der Waals surface area contributed by atoms with Gasteiger partial charge in [-0.3, -0.25) is 4.79 Å². The molecule has 4 N–H and O–H groups in total. The van der Waals surface area contributed by atoms with Crippen LogP contribution in [0.25, 0.3) is 10.9 Å². The van der Waals surface area contributed by atoms with E-state index in [2.05, 4.69) is 10.3 Å². The number of H-pyrrole nitrogens is 1. The normalized spacial score (nSPS) is 10.8. The highest BCUT2D eigenvalue weighted by molar-refractivity contribution is 5.88. The number of rotatable bonds is 6. The molecule has 23 heavy (non-hydrogen) atoms. The van der Waals surface area contributed by atoms with Crippen molar-refractivity contribution in [2.75, 3.05) is 12.3 Å². The number of anilines is 1. The maximum atomic E-state index is 12.1. The minimum atomic E-state index is 0.0621. The SMILES string of the molecule is Nc1ccc(CCCNC(=O)Cc2c[nH]c3ccccc23)cc1. The second-order valence-corrected chi connectivity index (χ2v) is 5.73. The molecule has 0 aliphatic carbocycles. The van der Waals surface area contributed by atoms with Crippen LogP contribution in [-0.4, -0.2) is 17.4 Å². The maximum absolute atomic E-state index is 12.1. The first kappa shape index (κ1) is 15.2. The Morgan fingerprint density at radius 3 is 2.70 bits per heavy atom. The minimum Gasteiger partial charge on any atom is -0.399 e. The molecule has 0 spiro atoms. The van der Waals surface area contributed by atoms with Crippen LogP contribution in [-0.2, 0) is 17.6 Å². The molecule has 1 amide bonds. The summed E-state index contributed by atoms with van der Waals surface area (Å²) < 4.78 is 0. The molecule has 0 aliphatic heterocycles. The van der Waals surface area contributed by atoms with Crippen LogP contribution in [0.1, 0.15) is 17.5 Å². The van der Waals surface area contributed by atoms with Crippen molar-refractivity contribution in [2.45, 2.75) is 19.3 Å². The lowest BCUT2D eigenvalue weighted by molar-refractivity contribution is -0.120. The van der Waals surface area contributed by atoms with Gasteiger partial charge in [0.25, 0.3) is 0 Å². The molecule has 0 radical (unpaired) electrons. The Morgan fingerprint density at radius 1 is 1.09 bits per heavy atom. The zero-order chi connectivity index (χ0) is 16.1. The van der Waals surface area contributed by atoms with Crippen molar-refractivity contribution < 1.29 is 4.79 Å². The summed E-state index contributed by atoms with van der Waals surface area (Å²) in [5.74, 6) is 0.0621. The molecule has 0 fully saturated rings. The van der Waals surface area contributed by atoms with Gasteiger partial charge in [-0.15, -0.1) is 0 Å². The van der Waals surface area contributed by atoms with Crippen LogP contribution in [0.3, 0.4) is 0 Å². The number of amides is 1. The Bertz CT molecular complexity index is 790. The molecule has 0 bridgehead atoms. The summed E-state index contributed by atoms with van der Waals surface area (Å²) in [5, 5.41) is 4.11. The summed E-state index contributed by atoms with van der Waals surface area (Å²) in [6.07, 6.45) is 4.18. The first-order valence-electron chi connectivity index (χ1n) is 7.88. The van der Waals surface area contributed by atoms with Gasteiger partial charge in [-0.05, 0) is 42.2 Å². The van der Waals surface area contributed by atoms with Gasteiger partial charge in [-0.2, -0.15) is 0 Å². The molecular formula is C19H21N3O. The number of nitrogens with one attached hydrogen (secondary N) is 2. The van der Waals surface area contributed by atoms with Gasteiger partial charge in [-0.1, -0.05) is 30.3 Å². The third-order valence-electron chi connectivity index (χ3n) is 3.97. The van der Waals surface area contributed by atoms with Gasteiger partial charge in [0, 0.05) is 29.3 Å². The number of para-hydroxylation sites is 1. The number of hydrogen-bond acceptors (Lipinski definition) is 2. The van der Waals surface area contributed by atoms with E-state index in [4.69, 9.17) is 5.73 Å². The van der Waals surface area contributed by atoms with E-state index >= 15 is 0 Å². The maximum Gasteiger partial charge on any atom is 0.224 e. The Labute approximate surface area is 135 Å². The summed E-state index contributed by atoms with van der Waals surface area (Å²) in [5.41, 5.74) is 9.79. The molecule has 0 saturated heterocycles. The fourth-order valence-corrected chi connectivity index (χ4v) is 2.72. The number of nitrogens with two attached hydrogens (primary N) is 1. The molecule has 1 aromatic heterocycles. The monoisotopic (exact) mass is 307 g/mol. The number of aromatic amines is 1. The molecule has 0 aliphatic rings. The van der Waals surface area contributed by atoms with Crippen molar-refractivity contribution in [2.24, 2.45) is 0 Å². The second kappa shape index (κ2) is 7.01. The van der Waals surface area contributed by atoms with Gasteiger partial charge >= 0.3 is 0 Å². The molecule has 1 heterocycles. The topological polar surface area (TPSA) is 70.9 Å². The number of aryl methyl sites for hydroxylation is 1. The molecule has 2 aromatic carbocycles. The number of aromatic nitrogens is 1. The first-order chi connectivity index (χ1) is 11.2. The van der Waals surface area contributed by atoms with E-state index in [9.17, 15) is 4.79 Å². The molecule has 4 nitrogen and oxygen atoms in total. The highest BCUT2D eigenvalue weighted by atomic mass is 16.1. The summed E-state index contributed by atoms with van der Waals surface area (Å²) in [7, 11) is 0. The summed E-state index contributed by atoms with van der Waals surface area (Å²) in [4.78, 5) is 15.3. The predicted octanol–water partition coefficient (Wildman–Crippen LogP) is 3.04. The highest BCUT2D eigenvalue weighted by Gasteiger charge is 2.07. The zero-order valence-electron chi connectivity index (χ0n) is 13.0. The molecule has 0 atom stereocenters. The number of nitrogen functional groups attached to an aromatic ring is 1. The zero-order valence-corrected chi connectivity index (χ0v) is 13.0. The van der Waals surface area contributed by atoms with Crippen molar-refractivity contribution in [3.05, 3.63) is 65.9 Å². The average Bonchev–Trinajstić information content (AvgIpc) is 2.96. The van der Waals surface area contributed by atoms with Crippen LogP contribution in [0, 0.1) is 0 Å². The van der Waals surface area contributed by atoms with E-state index in [0.29, 0.717) is 13.0 Å². The van der Waals surface area contributed by atoms with Gasteiger partial charge in [0.2, 0.25) is 5.91 Å². The number of carbonyl (C=O) groups excluding carboxylic acids is 1. The lowest BCUT2D eigenvalue weighted by Gasteiger charge is -2.05. The molecule has 0 saturated carbocycles. The second-order valence-electron chi connectivity index (χ2n) is 5.73. The Balaban J connectivity index is 1.45. The van der Waals surface area contributed by atoms with Gasteiger partial charge in [0.1, 0.15) is 0 Å². The molecule has 3 aromatic rings. The number of fused-ring (bicyclic) bond motifs is 1. The van der Waals surface area contributed by atoms with Crippen LogP contribution in [0.5, 0.6) is 0 Å². The van der Waals surface area contributed by atoms with Crippen LogP contribution >= 0.6 is 0 Å². The van der Waals surface area contributed by atoms with E-state index in [-0.39, 0.29) is 5.91 Å². The first-order valence-corrected chi connectivity index (χ1v) is 7.88.